The molecule has 0 fully saturated rings. The van der Waals surface area contributed by atoms with Gasteiger partial charge in [-0.05, 0) is 30.7 Å². The molecule has 1 aromatic carbocycles. The summed E-state index contributed by atoms with van der Waals surface area (Å²) in [7, 11) is 0. The molecule has 4 heteroatoms. The fraction of sp³-hybridized carbons (Fsp3) is 0.300. The van der Waals surface area contributed by atoms with E-state index in [0.717, 1.165) is 10.5 Å². The first-order valence-electron chi connectivity index (χ1n) is 4.20. The lowest BCUT2D eigenvalue weighted by molar-refractivity contribution is -0.136. The number of thioether (sulfide) groups is 1. The van der Waals surface area contributed by atoms with Crippen LogP contribution >= 0.6 is 11.8 Å². The zero-order valence-corrected chi connectivity index (χ0v) is 8.60. The number of hydrogen-bond acceptors (Lipinski definition) is 2. The Morgan fingerprint density at radius 3 is 2.86 bits per heavy atom. The summed E-state index contributed by atoms with van der Waals surface area (Å²) >= 11 is 1.44. The van der Waals surface area contributed by atoms with E-state index in [4.69, 9.17) is 5.11 Å². The predicted molar refractivity (Wildman–Crippen MR) is 54.1 cm³/mol. The molecule has 0 heterocycles. The zero-order chi connectivity index (χ0) is 10.6. The molecule has 1 N–H and O–H groups in total. The number of benzene rings is 1. The summed E-state index contributed by atoms with van der Waals surface area (Å²) in [5.74, 6) is -0.552. The van der Waals surface area contributed by atoms with Gasteiger partial charge in [0, 0.05) is 10.6 Å². The standard InChI is InChI=1S/C10H11FO2S/c1-7-6-8(11)2-3-9(7)14-5-4-10(12)13/h2-3,6H,4-5H2,1H3,(H,12,13). The number of hydrogen-bond donors (Lipinski definition) is 1. The lowest BCUT2D eigenvalue weighted by Crippen LogP contribution is -1.96. The number of carbonyl (C=O) groups is 1. The quantitative estimate of drug-likeness (QED) is 0.783. The van der Waals surface area contributed by atoms with Gasteiger partial charge in [0.1, 0.15) is 5.82 Å². The zero-order valence-electron chi connectivity index (χ0n) is 7.79. The molecule has 0 saturated heterocycles. The summed E-state index contributed by atoms with van der Waals surface area (Å²) in [5, 5.41) is 8.43. The Morgan fingerprint density at radius 1 is 1.57 bits per heavy atom. The number of rotatable bonds is 4. The van der Waals surface area contributed by atoms with Crippen LogP contribution in [0.5, 0.6) is 0 Å². The van der Waals surface area contributed by atoms with Crippen LogP contribution in [0, 0.1) is 12.7 Å². The van der Waals surface area contributed by atoms with Crippen LogP contribution in [-0.2, 0) is 4.79 Å². The minimum Gasteiger partial charge on any atom is -0.481 e. The lowest BCUT2D eigenvalue weighted by Gasteiger charge is -2.03. The molecule has 0 aliphatic carbocycles. The van der Waals surface area contributed by atoms with E-state index in [2.05, 4.69) is 0 Å². The van der Waals surface area contributed by atoms with Crippen molar-refractivity contribution >= 4 is 17.7 Å². The molecule has 1 aromatic rings. The monoisotopic (exact) mass is 214 g/mol. The Morgan fingerprint density at radius 2 is 2.29 bits per heavy atom. The van der Waals surface area contributed by atoms with Gasteiger partial charge >= 0.3 is 5.97 Å². The van der Waals surface area contributed by atoms with Crippen molar-refractivity contribution in [2.45, 2.75) is 18.2 Å². The second kappa shape index (κ2) is 5.00. The molecular formula is C10H11FO2S. The van der Waals surface area contributed by atoms with Crippen LogP contribution in [0.1, 0.15) is 12.0 Å². The molecule has 0 aliphatic heterocycles. The minimum atomic E-state index is -0.808. The van der Waals surface area contributed by atoms with Crippen LogP contribution in [0.25, 0.3) is 0 Å². The highest BCUT2D eigenvalue weighted by Gasteiger charge is 2.02. The summed E-state index contributed by atoms with van der Waals surface area (Å²) in [4.78, 5) is 11.2. The van der Waals surface area contributed by atoms with Crippen LogP contribution < -0.4 is 0 Å². The van der Waals surface area contributed by atoms with Crippen LogP contribution in [-0.4, -0.2) is 16.8 Å². The molecular weight excluding hydrogens is 203 g/mol. The molecule has 0 spiro atoms. The number of carboxylic acid groups (broad SMARTS) is 1. The molecule has 0 aromatic heterocycles. The van der Waals surface area contributed by atoms with Crippen molar-refractivity contribution < 1.29 is 14.3 Å². The maximum absolute atomic E-state index is 12.7. The van der Waals surface area contributed by atoms with Gasteiger partial charge < -0.3 is 5.11 Å². The molecule has 0 unspecified atom stereocenters. The van der Waals surface area contributed by atoms with Crippen molar-refractivity contribution in [3.63, 3.8) is 0 Å². The summed E-state index contributed by atoms with van der Waals surface area (Å²) in [6.07, 6.45) is 0.126. The van der Waals surface area contributed by atoms with Crippen molar-refractivity contribution in [1.82, 2.24) is 0 Å². The summed E-state index contributed by atoms with van der Waals surface area (Å²) in [6.45, 7) is 1.81. The van der Waals surface area contributed by atoms with Gasteiger partial charge in [0.25, 0.3) is 0 Å². The van der Waals surface area contributed by atoms with Gasteiger partial charge in [-0.2, -0.15) is 0 Å². The van der Waals surface area contributed by atoms with E-state index in [1.54, 1.807) is 6.07 Å². The van der Waals surface area contributed by atoms with E-state index in [1.165, 1.54) is 23.9 Å². The maximum atomic E-state index is 12.7. The van der Waals surface area contributed by atoms with Gasteiger partial charge in [0.05, 0.1) is 6.42 Å². The Bertz CT molecular complexity index is 339. The number of carboxylic acids is 1. The first kappa shape index (κ1) is 11.0. The molecule has 0 atom stereocenters. The Labute approximate surface area is 86.1 Å². The molecule has 0 bridgehead atoms. The SMILES string of the molecule is Cc1cc(F)ccc1SCCC(=O)O. The van der Waals surface area contributed by atoms with Crippen LogP contribution in [0.3, 0.4) is 0 Å². The van der Waals surface area contributed by atoms with Gasteiger partial charge in [0.2, 0.25) is 0 Å². The highest BCUT2D eigenvalue weighted by molar-refractivity contribution is 7.99. The van der Waals surface area contributed by atoms with Gasteiger partial charge in [-0.1, -0.05) is 0 Å². The highest BCUT2D eigenvalue weighted by Crippen LogP contribution is 2.23. The number of aryl methyl sites for hydroxylation is 1. The highest BCUT2D eigenvalue weighted by atomic mass is 32.2. The average molecular weight is 214 g/mol. The average Bonchev–Trinajstić information content (AvgIpc) is 2.08. The second-order valence-electron chi connectivity index (χ2n) is 2.90. The third kappa shape index (κ3) is 3.38. The molecule has 0 aliphatic rings. The van der Waals surface area contributed by atoms with Gasteiger partial charge in [-0.15, -0.1) is 11.8 Å². The van der Waals surface area contributed by atoms with Gasteiger partial charge in [-0.3, -0.25) is 4.79 Å². The smallest absolute Gasteiger partial charge is 0.304 e. The topological polar surface area (TPSA) is 37.3 Å². The molecule has 2 nitrogen and oxygen atoms in total. The Balaban J connectivity index is 2.55. The van der Waals surface area contributed by atoms with Crippen molar-refractivity contribution in [2.24, 2.45) is 0 Å². The number of aliphatic carboxylic acids is 1. The summed E-state index contributed by atoms with van der Waals surface area (Å²) in [5.41, 5.74) is 0.848. The van der Waals surface area contributed by atoms with Crippen molar-refractivity contribution in [1.29, 1.82) is 0 Å². The van der Waals surface area contributed by atoms with Gasteiger partial charge in [-0.25, -0.2) is 4.39 Å². The van der Waals surface area contributed by atoms with Crippen LogP contribution in [0.4, 0.5) is 4.39 Å². The lowest BCUT2D eigenvalue weighted by atomic mass is 10.2. The van der Waals surface area contributed by atoms with E-state index in [9.17, 15) is 9.18 Å². The van der Waals surface area contributed by atoms with Crippen LogP contribution in [0.15, 0.2) is 23.1 Å². The first-order valence-corrected chi connectivity index (χ1v) is 5.19. The molecule has 0 amide bonds. The third-order valence-corrected chi connectivity index (χ3v) is 2.89. The van der Waals surface area contributed by atoms with E-state index in [-0.39, 0.29) is 12.2 Å². The first-order chi connectivity index (χ1) is 6.59. The predicted octanol–water partition coefficient (Wildman–Crippen LogP) is 2.70. The van der Waals surface area contributed by atoms with Crippen molar-refractivity contribution in [3.05, 3.63) is 29.6 Å². The Kier molecular flexibility index (Phi) is 3.95. The van der Waals surface area contributed by atoms with Crippen molar-refractivity contribution in [3.8, 4) is 0 Å². The fourth-order valence-electron chi connectivity index (χ4n) is 1.02. The largest absolute Gasteiger partial charge is 0.481 e. The van der Waals surface area contributed by atoms with E-state index < -0.39 is 5.97 Å². The summed E-state index contributed by atoms with van der Waals surface area (Å²) < 4.78 is 12.7. The fourth-order valence-corrected chi connectivity index (χ4v) is 1.97. The Hall–Kier alpha value is -1.03. The van der Waals surface area contributed by atoms with Crippen LogP contribution in [0.2, 0.25) is 0 Å². The molecule has 0 radical (unpaired) electrons. The molecule has 0 saturated carbocycles. The molecule has 14 heavy (non-hydrogen) atoms. The van der Waals surface area contributed by atoms with E-state index >= 15 is 0 Å². The molecule has 1 rings (SSSR count). The van der Waals surface area contributed by atoms with E-state index in [0.29, 0.717) is 5.75 Å². The minimum absolute atomic E-state index is 0.126. The normalized spacial score (nSPS) is 10.1. The third-order valence-electron chi connectivity index (χ3n) is 1.71. The number of halogens is 1. The van der Waals surface area contributed by atoms with Gasteiger partial charge in [0.15, 0.2) is 0 Å². The van der Waals surface area contributed by atoms with E-state index in [1.807, 2.05) is 6.92 Å². The molecule has 76 valence electrons. The second-order valence-corrected chi connectivity index (χ2v) is 4.04. The van der Waals surface area contributed by atoms with Crippen molar-refractivity contribution in [2.75, 3.05) is 5.75 Å². The maximum Gasteiger partial charge on any atom is 0.304 e. The summed E-state index contributed by atoms with van der Waals surface area (Å²) in [6, 6.07) is 4.51.